The number of pyridine rings is 1. The topological polar surface area (TPSA) is 19.4 Å². The molecule has 27 heavy (non-hydrogen) atoms. The van der Waals surface area contributed by atoms with Gasteiger partial charge in [-0.1, -0.05) is 23.7 Å². The SMILES string of the molecule is FCc1ccc2c(n1)C1C3CCCN3CCC1N2CCc1ccc(Cl)cc1. The molecule has 3 nitrogen and oxygen atoms in total. The molecule has 3 aliphatic heterocycles. The zero-order chi connectivity index (χ0) is 18.4. The molecule has 3 aliphatic rings. The number of alkyl halides is 1. The fraction of sp³-hybridized carbons (Fsp3) is 0.500. The maximum atomic E-state index is 13.3. The fourth-order valence-electron chi connectivity index (χ4n) is 5.42. The number of hydrogen-bond donors (Lipinski definition) is 0. The summed E-state index contributed by atoms with van der Waals surface area (Å²) in [5, 5.41) is 0.780. The van der Waals surface area contributed by atoms with Gasteiger partial charge in [0.25, 0.3) is 0 Å². The third-order valence-corrected chi connectivity index (χ3v) is 6.88. The monoisotopic (exact) mass is 385 g/mol. The Balaban J connectivity index is 1.45. The van der Waals surface area contributed by atoms with Crippen molar-refractivity contribution in [1.29, 1.82) is 0 Å². The van der Waals surface area contributed by atoms with Crippen LogP contribution in [0.3, 0.4) is 0 Å². The van der Waals surface area contributed by atoms with E-state index in [0.29, 0.717) is 23.7 Å². The highest BCUT2D eigenvalue weighted by Crippen LogP contribution is 2.49. The average Bonchev–Trinajstić information content (AvgIpc) is 3.29. The van der Waals surface area contributed by atoms with Gasteiger partial charge >= 0.3 is 0 Å². The lowest BCUT2D eigenvalue weighted by Gasteiger charge is -2.41. The van der Waals surface area contributed by atoms with E-state index in [1.165, 1.54) is 43.6 Å². The van der Waals surface area contributed by atoms with Crippen molar-refractivity contribution in [3.63, 3.8) is 0 Å². The van der Waals surface area contributed by atoms with Crippen molar-refractivity contribution in [2.75, 3.05) is 24.5 Å². The molecule has 0 bridgehead atoms. The fourth-order valence-corrected chi connectivity index (χ4v) is 5.55. The molecule has 0 saturated carbocycles. The van der Waals surface area contributed by atoms with Gasteiger partial charge in [-0.3, -0.25) is 9.88 Å². The highest BCUT2D eigenvalue weighted by molar-refractivity contribution is 6.30. The van der Waals surface area contributed by atoms with Crippen molar-refractivity contribution < 1.29 is 4.39 Å². The average molecular weight is 386 g/mol. The maximum absolute atomic E-state index is 13.3. The second-order valence-corrected chi connectivity index (χ2v) is 8.47. The molecule has 142 valence electrons. The largest absolute Gasteiger partial charge is 0.366 e. The quantitative estimate of drug-likeness (QED) is 0.767. The van der Waals surface area contributed by atoms with Crippen LogP contribution in [0, 0.1) is 0 Å². The molecule has 0 amide bonds. The molecule has 3 unspecified atom stereocenters. The van der Waals surface area contributed by atoms with Gasteiger partial charge in [-0.25, -0.2) is 4.39 Å². The molecule has 5 rings (SSSR count). The second-order valence-electron chi connectivity index (χ2n) is 8.04. The van der Waals surface area contributed by atoms with Crippen LogP contribution in [-0.2, 0) is 13.1 Å². The molecule has 0 radical (unpaired) electrons. The molecule has 0 spiro atoms. The summed E-state index contributed by atoms with van der Waals surface area (Å²) in [6.45, 7) is 2.87. The molecular formula is C22H25ClFN3. The smallest absolute Gasteiger partial charge is 0.131 e. The van der Waals surface area contributed by atoms with Crippen LogP contribution in [0.5, 0.6) is 0 Å². The van der Waals surface area contributed by atoms with Crippen molar-refractivity contribution in [2.24, 2.45) is 0 Å². The van der Waals surface area contributed by atoms with E-state index in [1.807, 2.05) is 18.2 Å². The molecule has 1 aromatic carbocycles. The number of rotatable bonds is 4. The van der Waals surface area contributed by atoms with E-state index < -0.39 is 6.67 Å². The van der Waals surface area contributed by atoms with Crippen LogP contribution in [0.2, 0.25) is 5.02 Å². The third-order valence-electron chi connectivity index (χ3n) is 6.63. The van der Waals surface area contributed by atoms with E-state index in [0.717, 1.165) is 23.7 Å². The number of benzene rings is 1. The predicted molar refractivity (Wildman–Crippen MR) is 107 cm³/mol. The summed E-state index contributed by atoms with van der Waals surface area (Å²) in [6, 6.07) is 13.2. The van der Waals surface area contributed by atoms with Gasteiger partial charge in [-0.2, -0.15) is 0 Å². The van der Waals surface area contributed by atoms with E-state index >= 15 is 0 Å². The number of hydrogen-bond acceptors (Lipinski definition) is 3. The lowest BCUT2D eigenvalue weighted by atomic mass is 9.84. The summed E-state index contributed by atoms with van der Waals surface area (Å²) in [7, 11) is 0. The first kappa shape index (κ1) is 17.4. The Morgan fingerprint density at radius 1 is 1.04 bits per heavy atom. The van der Waals surface area contributed by atoms with Crippen LogP contribution < -0.4 is 4.90 Å². The minimum absolute atomic E-state index is 0.424. The van der Waals surface area contributed by atoms with Crippen molar-refractivity contribution in [2.45, 2.75) is 50.4 Å². The Hall–Kier alpha value is -1.65. The number of halogens is 2. The summed E-state index contributed by atoms with van der Waals surface area (Å²) >= 11 is 6.02. The third kappa shape index (κ3) is 3.03. The number of fused-ring (bicyclic) bond motifs is 5. The number of aromatic nitrogens is 1. The van der Waals surface area contributed by atoms with E-state index in [-0.39, 0.29) is 0 Å². The first-order valence-corrected chi connectivity index (χ1v) is 10.4. The summed E-state index contributed by atoms with van der Waals surface area (Å²) < 4.78 is 13.3. The second kappa shape index (κ2) is 7.06. The van der Waals surface area contributed by atoms with Gasteiger partial charge in [0.05, 0.1) is 17.1 Å². The maximum Gasteiger partial charge on any atom is 0.131 e. The van der Waals surface area contributed by atoms with E-state index in [1.54, 1.807) is 0 Å². The van der Waals surface area contributed by atoms with Gasteiger partial charge in [-0.15, -0.1) is 0 Å². The van der Waals surface area contributed by atoms with Gasteiger partial charge in [-0.05, 0) is 62.1 Å². The Morgan fingerprint density at radius 2 is 1.89 bits per heavy atom. The molecule has 2 aromatic rings. The van der Waals surface area contributed by atoms with Crippen LogP contribution in [0.25, 0.3) is 0 Å². The van der Waals surface area contributed by atoms with Crippen LogP contribution in [0.15, 0.2) is 36.4 Å². The van der Waals surface area contributed by atoms with Gasteiger partial charge in [0.15, 0.2) is 0 Å². The van der Waals surface area contributed by atoms with Crippen molar-refractivity contribution >= 4 is 17.3 Å². The normalized spacial score (nSPS) is 26.7. The molecule has 2 fully saturated rings. The van der Waals surface area contributed by atoms with Crippen molar-refractivity contribution in [1.82, 2.24) is 9.88 Å². The highest BCUT2D eigenvalue weighted by Gasteiger charge is 2.49. The summed E-state index contributed by atoms with van der Waals surface area (Å²) in [5.74, 6) is 0.424. The Morgan fingerprint density at radius 3 is 2.70 bits per heavy atom. The zero-order valence-electron chi connectivity index (χ0n) is 15.5. The van der Waals surface area contributed by atoms with Gasteiger partial charge in [0, 0.05) is 36.1 Å². The lowest BCUT2D eigenvalue weighted by Crippen LogP contribution is -2.50. The molecule has 1 aromatic heterocycles. The minimum Gasteiger partial charge on any atom is -0.366 e. The molecule has 5 heteroatoms. The van der Waals surface area contributed by atoms with Crippen LogP contribution in [0.1, 0.15) is 42.1 Å². The van der Waals surface area contributed by atoms with Gasteiger partial charge in [0.2, 0.25) is 0 Å². The first-order chi connectivity index (χ1) is 13.2. The minimum atomic E-state index is -0.482. The van der Waals surface area contributed by atoms with Gasteiger partial charge < -0.3 is 4.90 Å². The Labute approximate surface area is 165 Å². The standard InChI is InChI=1S/C22H25ClFN3/c23-16-5-3-15(4-6-16)9-13-27-19-10-12-26-11-1-2-18(26)21(19)22-20(27)8-7-17(14-24)25-22/h3-8,18-19,21H,1-2,9-14H2. The number of nitrogens with zero attached hydrogens (tertiary/aromatic N) is 3. The molecule has 0 N–H and O–H groups in total. The lowest BCUT2D eigenvalue weighted by molar-refractivity contribution is 0.157. The Bertz CT molecular complexity index is 825. The number of piperidine rings is 1. The molecule has 2 saturated heterocycles. The van der Waals surface area contributed by atoms with E-state index in [4.69, 9.17) is 16.6 Å². The highest BCUT2D eigenvalue weighted by atomic mass is 35.5. The number of anilines is 1. The summed E-state index contributed by atoms with van der Waals surface area (Å²) in [4.78, 5) is 9.96. The van der Waals surface area contributed by atoms with Crippen LogP contribution >= 0.6 is 11.6 Å². The Kier molecular flexibility index (Phi) is 4.57. The van der Waals surface area contributed by atoms with E-state index in [2.05, 4.69) is 28.0 Å². The van der Waals surface area contributed by atoms with Crippen molar-refractivity contribution in [3.8, 4) is 0 Å². The molecule has 4 heterocycles. The molecule has 0 aliphatic carbocycles. The summed E-state index contributed by atoms with van der Waals surface area (Å²) in [6.07, 6.45) is 4.67. The molecule has 3 atom stereocenters. The summed E-state index contributed by atoms with van der Waals surface area (Å²) in [5.41, 5.74) is 4.24. The first-order valence-electron chi connectivity index (χ1n) is 10.1. The van der Waals surface area contributed by atoms with Crippen LogP contribution in [-0.4, -0.2) is 41.6 Å². The zero-order valence-corrected chi connectivity index (χ0v) is 16.2. The molecular weight excluding hydrogens is 361 g/mol. The van der Waals surface area contributed by atoms with Crippen LogP contribution in [0.4, 0.5) is 10.1 Å². The van der Waals surface area contributed by atoms with Crippen molar-refractivity contribution in [3.05, 3.63) is 58.4 Å². The van der Waals surface area contributed by atoms with E-state index in [9.17, 15) is 4.39 Å². The predicted octanol–water partition coefficient (Wildman–Crippen LogP) is 4.59. The van der Waals surface area contributed by atoms with Gasteiger partial charge in [0.1, 0.15) is 6.67 Å².